The summed E-state index contributed by atoms with van der Waals surface area (Å²) < 4.78 is 37.7. The van der Waals surface area contributed by atoms with E-state index in [-0.39, 0.29) is 0 Å². The van der Waals surface area contributed by atoms with Gasteiger partial charge in [-0.2, -0.15) is 24.9 Å². The molecule has 0 bridgehead atoms. The molecule has 0 spiro atoms. The Bertz CT molecular complexity index is 560. The molecule has 1 aliphatic carbocycles. The number of thioether (sulfide) groups is 1. The van der Waals surface area contributed by atoms with Gasteiger partial charge in [-0.3, -0.25) is 4.99 Å². The van der Waals surface area contributed by atoms with Gasteiger partial charge in [-0.05, 0) is 31.9 Å². The molecular formula is C16H25F3N4S2. The average Bonchev–Trinajstić information content (AvgIpc) is 3.17. The van der Waals surface area contributed by atoms with Gasteiger partial charge in [0.2, 0.25) is 0 Å². The molecule has 9 heteroatoms. The van der Waals surface area contributed by atoms with Crippen molar-refractivity contribution in [3.63, 3.8) is 0 Å². The van der Waals surface area contributed by atoms with Crippen LogP contribution in [-0.2, 0) is 12.6 Å². The zero-order chi connectivity index (χ0) is 18.3. The van der Waals surface area contributed by atoms with Gasteiger partial charge in [-0.1, -0.05) is 6.92 Å². The third-order valence-electron chi connectivity index (χ3n) is 3.91. The Kier molecular flexibility index (Phi) is 7.86. The second-order valence-corrected chi connectivity index (χ2v) is 8.39. The first-order chi connectivity index (χ1) is 11.9. The lowest BCUT2D eigenvalue weighted by Crippen LogP contribution is -2.42. The molecule has 2 rings (SSSR count). The van der Waals surface area contributed by atoms with Gasteiger partial charge in [0.05, 0.1) is 5.01 Å². The van der Waals surface area contributed by atoms with Crippen molar-refractivity contribution in [3.05, 3.63) is 16.1 Å². The van der Waals surface area contributed by atoms with Gasteiger partial charge >= 0.3 is 6.18 Å². The second-order valence-electron chi connectivity index (χ2n) is 5.87. The van der Waals surface area contributed by atoms with E-state index in [0.717, 1.165) is 47.8 Å². The van der Waals surface area contributed by atoms with Crippen molar-refractivity contribution >= 4 is 29.1 Å². The van der Waals surface area contributed by atoms with E-state index in [2.05, 4.69) is 27.5 Å². The van der Waals surface area contributed by atoms with Crippen LogP contribution in [0.1, 0.15) is 43.8 Å². The molecule has 2 unspecified atom stereocenters. The lowest BCUT2D eigenvalue weighted by Gasteiger charge is -2.17. The second kappa shape index (κ2) is 9.66. The Morgan fingerprint density at radius 3 is 2.84 bits per heavy atom. The van der Waals surface area contributed by atoms with Gasteiger partial charge in [-0.15, -0.1) is 11.3 Å². The van der Waals surface area contributed by atoms with Crippen molar-refractivity contribution in [1.29, 1.82) is 0 Å². The lowest BCUT2D eigenvalue weighted by molar-refractivity contribution is -0.140. The van der Waals surface area contributed by atoms with Crippen LogP contribution >= 0.6 is 23.1 Å². The Morgan fingerprint density at radius 1 is 1.40 bits per heavy atom. The molecule has 1 aromatic rings. The maximum atomic E-state index is 12.6. The zero-order valence-corrected chi connectivity index (χ0v) is 16.2. The maximum absolute atomic E-state index is 12.6. The van der Waals surface area contributed by atoms with Crippen molar-refractivity contribution in [2.24, 2.45) is 4.99 Å². The van der Waals surface area contributed by atoms with Gasteiger partial charge in [0.25, 0.3) is 0 Å². The van der Waals surface area contributed by atoms with Crippen LogP contribution in [0.25, 0.3) is 0 Å². The zero-order valence-electron chi connectivity index (χ0n) is 14.5. The number of alkyl halides is 3. The normalized spacial score (nSPS) is 21.6. The minimum Gasteiger partial charge on any atom is -0.357 e. The van der Waals surface area contributed by atoms with Crippen LogP contribution < -0.4 is 10.6 Å². The highest BCUT2D eigenvalue weighted by Crippen LogP contribution is 2.30. The van der Waals surface area contributed by atoms with E-state index in [9.17, 15) is 13.2 Å². The summed E-state index contributed by atoms with van der Waals surface area (Å²) in [6, 6.07) is 0.415. The molecule has 1 aliphatic rings. The van der Waals surface area contributed by atoms with E-state index in [1.54, 1.807) is 0 Å². The minimum absolute atomic E-state index is 0.413. The summed E-state index contributed by atoms with van der Waals surface area (Å²) in [5, 5.41) is 8.89. The molecule has 0 aromatic carbocycles. The van der Waals surface area contributed by atoms with Crippen molar-refractivity contribution in [3.8, 4) is 0 Å². The summed E-state index contributed by atoms with van der Waals surface area (Å²) in [7, 11) is 0. The number of nitrogens with zero attached hydrogens (tertiary/aromatic N) is 2. The Balaban J connectivity index is 1.84. The molecule has 2 atom stereocenters. The largest absolute Gasteiger partial charge is 0.434 e. The molecule has 142 valence electrons. The molecule has 1 heterocycles. The highest BCUT2D eigenvalue weighted by atomic mass is 32.2. The first-order valence-electron chi connectivity index (χ1n) is 8.60. The van der Waals surface area contributed by atoms with Crippen LogP contribution in [0.15, 0.2) is 10.4 Å². The monoisotopic (exact) mass is 394 g/mol. The molecule has 4 nitrogen and oxygen atoms in total. The quantitative estimate of drug-likeness (QED) is 0.543. The maximum Gasteiger partial charge on any atom is 0.434 e. The van der Waals surface area contributed by atoms with E-state index in [1.807, 2.05) is 18.7 Å². The Morgan fingerprint density at radius 2 is 2.20 bits per heavy atom. The highest BCUT2D eigenvalue weighted by molar-refractivity contribution is 7.99. The molecule has 2 N–H and O–H groups in total. The van der Waals surface area contributed by atoms with E-state index < -0.39 is 11.9 Å². The lowest BCUT2D eigenvalue weighted by atomic mass is 10.2. The van der Waals surface area contributed by atoms with Gasteiger partial charge in [0.1, 0.15) is 0 Å². The summed E-state index contributed by atoms with van der Waals surface area (Å²) in [5.74, 6) is 1.88. The molecule has 0 aliphatic heterocycles. The van der Waals surface area contributed by atoms with E-state index >= 15 is 0 Å². The van der Waals surface area contributed by atoms with Crippen LogP contribution in [0, 0.1) is 0 Å². The number of nitrogens with one attached hydrogen (secondary N) is 2. The average molecular weight is 395 g/mol. The van der Waals surface area contributed by atoms with E-state index in [1.165, 1.54) is 6.42 Å². The van der Waals surface area contributed by atoms with Crippen molar-refractivity contribution < 1.29 is 13.2 Å². The Labute approximate surface area is 155 Å². The highest BCUT2D eigenvalue weighted by Gasteiger charge is 2.33. The van der Waals surface area contributed by atoms with Gasteiger partial charge in [-0.25, -0.2) is 4.98 Å². The number of hydrogen-bond acceptors (Lipinski definition) is 4. The summed E-state index contributed by atoms with van der Waals surface area (Å²) in [6.07, 6.45) is -0.483. The van der Waals surface area contributed by atoms with Crippen molar-refractivity contribution in [1.82, 2.24) is 15.6 Å². The van der Waals surface area contributed by atoms with Crippen molar-refractivity contribution in [2.45, 2.75) is 57.0 Å². The fraction of sp³-hybridized carbons (Fsp3) is 0.750. The topological polar surface area (TPSA) is 49.3 Å². The SMILES string of the molecule is CCNC(=NCCc1nc(C(F)(F)F)cs1)NC1CCC(SCC)C1. The predicted molar refractivity (Wildman–Crippen MR) is 99.5 cm³/mol. The number of guanidine groups is 1. The summed E-state index contributed by atoms with van der Waals surface area (Å²) in [6.45, 7) is 5.35. The number of thiazole rings is 1. The number of halogens is 3. The smallest absolute Gasteiger partial charge is 0.357 e. The number of aromatic nitrogens is 1. The molecule has 0 radical (unpaired) electrons. The first-order valence-corrected chi connectivity index (χ1v) is 10.5. The van der Waals surface area contributed by atoms with Crippen LogP contribution in [0.4, 0.5) is 13.2 Å². The van der Waals surface area contributed by atoms with Gasteiger partial charge < -0.3 is 10.6 Å². The molecule has 1 saturated carbocycles. The van der Waals surface area contributed by atoms with Gasteiger partial charge in [0, 0.05) is 36.2 Å². The Hall–Kier alpha value is -0.960. The molecule has 0 saturated heterocycles. The number of rotatable bonds is 7. The third-order valence-corrected chi connectivity index (χ3v) is 6.05. The summed E-state index contributed by atoms with van der Waals surface area (Å²) in [4.78, 5) is 8.13. The van der Waals surface area contributed by atoms with E-state index in [4.69, 9.17) is 0 Å². The summed E-state index contributed by atoms with van der Waals surface area (Å²) in [5.41, 5.74) is -0.813. The minimum atomic E-state index is -4.37. The molecular weight excluding hydrogens is 369 g/mol. The molecule has 1 fully saturated rings. The first kappa shape index (κ1) is 20.4. The fourth-order valence-electron chi connectivity index (χ4n) is 2.79. The van der Waals surface area contributed by atoms with Crippen LogP contribution in [0.5, 0.6) is 0 Å². The van der Waals surface area contributed by atoms with Crippen LogP contribution in [0.3, 0.4) is 0 Å². The van der Waals surface area contributed by atoms with Crippen LogP contribution in [0.2, 0.25) is 0 Å². The standard InChI is InChI=1S/C16H25F3N4S2/c1-3-20-15(22-11-5-6-12(9-11)24-4-2)21-8-7-14-23-13(10-25-14)16(17,18)19/h10-12H,3-9H2,1-2H3,(H2,20,21,22). The number of aliphatic imine (C=N–C) groups is 1. The fourth-order valence-corrected chi connectivity index (χ4v) is 4.73. The third kappa shape index (κ3) is 6.69. The number of hydrogen-bond donors (Lipinski definition) is 2. The van der Waals surface area contributed by atoms with Gasteiger partial charge in [0.15, 0.2) is 11.7 Å². The van der Waals surface area contributed by atoms with Crippen molar-refractivity contribution in [2.75, 3.05) is 18.8 Å². The van der Waals surface area contributed by atoms with Crippen LogP contribution in [-0.4, -0.2) is 41.1 Å². The summed E-state index contributed by atoms with van der Waals surface area (Å²) >= 11 is 3.04. The molecule has 25 heavy (non-hydrogen) atoms. The van der Waals surface area contributed by atoms with E-state index in [0.29, 0.717) is 29.3 Å². The molecule has 1 aromatic heterocycles. The predicted octanol–water partition coefficient (Wildman–Crippen LogP) is 3.93. The molecule has 0 amide bonds.